The van der Waals surface area contributed by atoms with Gasteiger partial charge in [-0.2, -0.15) is 0 Å². The van der Waals surface area contributed by atoms with Crippen LogP contribution in [-0.2, 0) is 0 Å². The Morgan fingerprint density at radius 1 is 1.11 bits per heavy atom. The van der Waals surface area contributed by atoms with E-state index in [1.165, 1.54) is 56.1 Å². The van der Waals surface area contributed by atoms with E-state index < -0.39 is 0 Å². The molecule has 2 aliphatic rings. The molecule has 152 valence electrons. The van der Waals surface area contributed by atoms with Gasteiger partial charge in [0.2, 0.25) is 0 Å². The first-order chi connectivity index (χ1) is 12.9. The molecule has 1 saturated heterocycles. The van der Waals surface area contributed by atoms with E-state index in [4.69, 9.17) is 0 Å². The standard InChI is InChI=1S/C24H39BrN2/c1-5-6-23(27-15-13-26-14-16-27)21-12-11-20(25)17-22(21)18-7-9-19(10-8-18)24(2,3)4/h11-12,17-19,23,26H,5-10,13-16H2,1-4H3. The molecule has 1 N–H and O–H groups in total. The van der Waals surface area contributed by atoms with Crippen molar-refractivity contribution in [3.63, 3.8) is 0 Å². The maximum Gasteiger partial charge on any atom is 0.0351 e. The summed E-state index contributed by atoms with van der Waals surface area (Å²) in [4.78, 5) is 2.73. The second-order valence-electron chi connectivity index (χ2n) is 9.78. The summed E-state index contributed by atoms with van der Waals surface area (Å²) >= 11 is 3.77. The Bertz CT molecular complexity index is 593. The minimum atomic E-state index is 0.455. The smallest absolute Gasteiger partial charge is 0.0351 e. The van der Waals surface area contributed by atoms with E-state index in [0.717, 1.165) is 24.9 Å². The van der Waals surface area contributed by atoms with Crippen molar-refractivity contribution in [3.8, 4) is 0 Å². The first-order valence-corrected chi connectivity index (χ1v) is 11.9. The molecule has 1 aliphatic carbocycles. The van der Waals surface area contributed by atoms with Crippen LogP contribution in [0.2, 0.25) is 0 Å². The Morgan fingerprint density at radius 3 is 2.37 bits per heavy atom. The van der Waals surface area contributed by atoms with Crippen LogP contribution in [0.25, 0.3) is 0 Å². The van der Waals surface area contributed by atoms with Crippen LogP contribution in [0.15, 0.2) is 22.7 Å². The monoisotopic (exact) mass is 434 g/mol. The summed E-state index contributed by atoms with van der Waals surface area (Å²) in [5.74, 6) is 1.61. The lowest BCUT2D eigenvalue weighted by Gasteiger charge is -2.40. The number of nitrogens with one attached hydrogen (secondary N) is 1. The lowest BCUT2D eigenvalue weighted by Crippen LogP contribution is -2.45. The molecule has 1 saturated carbocycles. The summed E-state index contributed by atoms with van der Waals surface area (Å²) < 4.78 is 1.25. The molecule has 1 aromatic rings. The highest BCUT2D eigenvalue weighted by atomic mass is 79.9. The molecular formula is C24H39BrN2. The van der Waals surface area contributed by atoms with Gasteiger partial charge in [-0.3, -0.25) is 4.90 Å². The minimum Gasteiger partial charge on any atom is -0.314 e. The molecule has 0 spiro atoms. The van der Waals surface area contributed by atoms with Gasteiger partial charge < -0.3 is 5.32 Å². The number of hydrogen-bond acceptors (Lipinski definition) is 2. The molecular weight excluding hydrogens is 396 g/mol. The van der Waals surface area contributed by atoms with Crippen LogP contribution in [-0.4, -0.2) is 31.1 Å². The maximum absolute atomic E-state index is 3.77. The van der Waals surface area contributed by atoms with Crippen molar-refractivity contribution in [1.82, 2.24) is 10.2 Å². The van der Waals surface area contributed by atoms with Gasteiger partial charge in [0.15, 0.2) is 0 Å². The van der Waals surface area contributed by atoms with Crippen molar-refractivity contribution < 1.29 is 0 Å². The van der Waals surface area contributed by atoms with Gasteiger partial charge in [-0.15, -0.1) is 0 Å². The van der Waals surface area contributed by atoms with Crippen molar-refractivity contribution in [1.29, 1.82) is 0 Å². The predicted octanol–water partition coefficient (Wildman–Crippen LogP) is 6.52. The van der Waals surface area contributed by atoms with Gasteiger partial charge in [0.1, 0.15) is 0 Å². The molecule has 0 radical (unpaired) electrons. The fourth-order valence-corrected chi connectivity index (χ4v) is 5.65. The molecule has 3 rings (SSSR count). The number of hydrogen-bond donors (Lipinski definition) is 1. The molecule has 3 heteroatoms. The molecule has 1 aromatic carbocycles. The Morgan fingerprint density at radius 2 is 1.78 bits per heavy atom. The fraction of sp³-hybridized carbons (Fsp3) is 0.750. The summed E-state index contributed by atoms with van der Waals surface area (Å²) in [6.45, 7) is 14.2. The summed E-state index contributed by atoms with van der Waals surface area (Å²) in [6, 6.07) is 7.73. The molecule has 1 unspecified atom stereocenters. The van der Waals surface area contributed by atoms with E-state index in [2.05, 4.69) is 72.0 Å². The minimum absolute atomic E-state index is 0.455. The van der Waals surface area contributed by atoms with Crippen molar-refractivity contribution in [2.24, 2.45) is 11.3 Å². The molecule has 0 bridgehead atoms. The van der Waals surface area contributed by atoms with Crippen molar-refractivity contribution >= 4 is 15.9 Å². The lowest BCUT2D eigenvalue weighted by molar-refractivity contribution is 0.158. The van der Waals surface area contributed by atoms with Crippen LogP contribution in [0.3, 0.4) is 0 Å². The Labute approximate surface area is 175 Å². The molecule has 2 nitrogen and oxygen atoms in total. The SMILES string of the molecule is CCCC(c1ccc(Br)cc1C1CCC(C(C)(C)C)CC1)N1CCNCC1. The van der Waals surface area contributed by atoms with E-state index in [1.807, 2.05) is 0 Å². The van der Waals surface area contributed by atoms with E-state index in [1.54, 1.807) is 11.1 Å². The van der Waals surface area contributed by atoms with Gasteiger partial charge in [-0.25, -0.2) is 0 Å². The van der Waals surface area contributed by atoms with Crippen LogP contribution in [0.4, 0.5) is 0 Å². The number of benzene rings is 1. The van der Waals surface area contributed by atoms with Gasteiger partial charge in [0.05, 0.1) is 0 Å². The third kappa shape index (κ3) is 5.36. The Hall–Kier alpha value is -0.380. The maximum atomic E-state index is 3.77. The zero-order valence-electron chi connectivity index (χ0n) is 17.9. The van der Waals surface area contributed by atoms with Crippen LogP contribution >= 0.6 is 15.9 Å². The second kappa shape index (κ2) is 9.41. The number of piperazine rings is 1. The average Bonchev–Trinajstić information content (AvgIpc) is 2.66. The highest BCUT2D eigenvalue weighted by molar-refractivity contribution is 9.10. The van der Waals surface area contributed by atoms with Gasteiger partial charge >= 0.3 is 0 Å². The first-order valence-electron chi connectivity index (χ1n) is 11.1. The molecule has 1 atom stereocenters. The molecule has 0 amide bonds. The van der Waals surface area contributed by atoms with E-state index >= 15 is 0 Å². The normalized spacial score (nSPS) is 26.1. The van der Waals surface area contributed by atoms with Gasteiger partial charge in [0.25, 0.3) is 0 Å². The molecule has 1 heterocycles. The van der Waals surface area contributed by atoms with Gasteiger partial charge in [-0.1, -0.05) is 56.1 Å². The predicted molar refractivity (Wildman–Crippen MR) is 120 cm³/mol. The zero-order chi connectivity index (χ0) is 19.4. The zero-order valence-corrected chi connectivity index (χ0v) is 19.4. The van der Waals surface area contributed by atoms with Crippen LogP contribution in [0.5, 0.6) is 0 Å². The lowest BCUT2D eigenvalue weighted by atomic mass is 9.68. The Balaban J connectivity index is 1.84. The van der Waals surface area contributed by atoms with Crippen LogP contribution < -0.4 is 5.32 Å². The summed E-state index contributed by atoms with van der Waals surface area (Å²) in [5, 5.41) is 3.52. The molecule has 0 aromatic heterocycles. The van der Waals surface area contributed by atoms with Crippen molar-refractivity contribution in [3.05, 3.63) is 33.8 Å². The van der Waals surface area contributed by atoms with Crippen LogP contribution in [0, 0.1) is 11.3 Å². The molecule has 1 aliphatic heterocycles. The van der Waals surface area contributed by atoms with Crippen LogP contribution in [0.1, 0.15) is 89.3 Å². The highest BCUT2D eigenvalue weighted by Gasteiger charge is 2.32. The van der Waals surface area contributed by atoms with Crippen molar-refractivity contribution in [2.45, 2.75) is 78.2 Å². The third-order valence-electron chi connectivity index (χ3n) is 6.95. The molecule has 2 fully saturated rings. The summed E-state index contributed by atoms with van der Waals surface area (Å²) in [6.07, 6.45) is 7.99. The number of rotatable bonds is 5. The number of halogens is 1. The average molecular weight is 435 g/mol. The largest absolute Gasteiger partial charge is 0.314 e. The Kier molecular flexibility index (Phi) is 7.44. The fourth-order valence-electron chi connectivity index (χ4n) is 5.28. The molecule has 27 heavy (non-hydrogen) atoms. The van der Waals surface area contributed by atoms with E-state index in [-0.39, 0.29) is 0 Å². The highest BCUT2D eigenvalue weighted by Crippen LogP contribution is 2.45. The van der Waals surface area contributed by atoms with E-state index in [9.17, 15) is 0 Å². The third-order valence-corrected chi connectivity index (χ3v) is 7.45. The summed E-state index contributed by atoms with van der Waals surface area (Å²) in [7, 11) is 0. The number of nitrogens with zero attached hydrogens (tertiary/aromatic N) is 1. The second-order valence-corrected chi connectivity index (χ2v) is 10.7. The first kappa shape index (κ1) is 21.3. The quantitative estimate of drug-likeness (QED) is 0.567. The topological polar surface area (TPSA) is 15.3 Å². The van der Waals surface area contributed by atoms with Crippen molar-refractivity contribution in [2.75, 3.05) is 26.2 Å². The van der Waals surface area contributed by atoms with E-state index in [0.29, 0.717) is 11.5 Å². The van der Waals surface area contributed by atoms with Gasteiger partial charge in [0, 0.05) is 36.7 Å². The summed E-state index contributed by atoms with van der Waals surface area (Å²) in [5.41, 5.74) is 3.70. The van der Waals surface area contributed by atoms with Gasteiger partial charge in [-0.05, 0) is 72.6 Å².